The summed E-state index contributed by atoms with van der Waals surface area (Å²) in [6.07, 6.45) is 0.707. The van der Waals surface area contributed by atoms with Gasteiger partial charge in [0.1, 0.15) is 5.75 Å². The molecule has 84 valence electrons. The van der Waals surface area contributed by atoms with E-state index in [1.54, 1.807) is 0 Å². The average Bonchev–Trinajstić information content (AvgIpc) is 2.28. The number of methoxy groups -OCH3 is 1. The molecule has 0 aromatic heterocycles. The van der Waals surface area contributed by atoms with Gasteiger partial charge in [-0.1, -0.05) is 6.92 Å². The van der Waals surface area contributed by atoms with Crippen LogP contribution in [0.2, 0.25) is 0 Å². The monoisotopic (exact) mass is 219 g/mol. The summed E-state index contributed by atoms with van der Waals surface area (Å²) < 4.78 is 4.56. The van der Waals surface area contributed by atoms with Crippen LogP contribution in [-0.2, 0) is 22.4 Å². The second-order valence-electron chi connectivity index (χ2n) is 3.35. The van der Waals surface area contributed by atoms with Gasteiger partial charge < -0.3 is 9.84 Å². The Balaban J connectivity index is 3.21. The molecule has 0 bridgehead atoms. The third-order valence-corrected chi connectivity index (χ3v) is 2.36. The van der Waals surface area contributed by atoms with Crippen LogP contribution in [0.4, 0.5) is 0 Å². The molecule has 1 N–H and O–H groups in total. The minimum absolute atomic E-state index is 0.00680. The Hall–Kier alpha value is -2.02. The Morgan fingerprint density at radius 1 is 1.56 bits per heavy atom. The normalized spacial score (nSPS) is 9.56. The lowest BCUT2D eigenvalue weighted by molar-refractivity contribution is -0.139. The molecular formula is C12H13NO3. The van der Waals surface area contributed by atoms with Crippen molar-refractivity contribution in [2.24, 2.45) is 0 Å². The summed E-state index contributed by atoms with van der Waals surface area (Å²) in [5.41, 5.74) is 1.83. The van der Waals surface area contributed by atoms with E-state index in [0.717, 1.165) is 5.56 Å². The predicted octanol–water partition coefficient (Wildman–Crippen LogP) is 1.54. The molecule has 0 unspecified atom stereocenters. The van der Waals surface area contributed by atoms with Crippen molar-refractivity contribution in [2.75, 3.05) is 7.11 Å². The van der Waals surface area contributed by atoms with E-state index in [4.69, 9.17) is 5.26 Å². The maximum atomic E-state index is 11.2. The molecule has 4 heteroatoms. The highest BCUT2D eigenvalue weighted by molar-refractivity contribution is 5.73. The van der Waals surface area contributed by atoms with Gasteiger partial charge in [0.25, 0.3) is 0 Å². The molecule has 0 spiro atoms. The largest absolute Gasteiger partial charge is 0.508 e. The number of nitriles is 1. The molecule has 0 amide bonds. The van der Waals surface area contributed by atoms with Gasteiger partial charge in [0.15, 0.2) is 0 Å². The fourth-order valence-electron chi connectivity index (χ4n) is 1.62. The Morgan fingerprint density at radius 3 is 2.75 bits per heavy atom. The maximum Gasteiger partial charge on any atom is 0.309 e. The van der Waals surface area contributed by atoms with Gasteiger partial charge in [0.05, 0.1) is 25.2 Å². The van der Waals surface area contributed by atoms with Crippen molar-refractivity contribution in [2.45, 2.75) is 19.8 Å². The van der Waals surface area contributed by atoms with Crippen LogP contribution in [0.3, 0.4) is 0 Å². The van der Waals surface area contributed by atoms with Gasteiger partial charge in [-0.2, -0.15) is 5.26 Å². The van der Waals surface area contributed by atoms with Crippen molar-refractivity contribution < 1.29 is 14.6 Å². The highest BCUT2D eigenvalue weighted by atomic mass is 16.5. The summed E-state index contributed by atoms with van der Waals surface area (Å²) in [4.78, 5) is 11.2. The average molecular weight is 219 g/mol. The topological polar surface area (TPSA) is 70.3 Å². The van der Waals surface area contributed by atoms with E-state index in [0.29, 0.717) is 17.5 Å². The SMILES string of the molecule is CCc1c(C#N)cc(O)cc1CC(=O)OC. The first-order valence-corrected chi connectivity index (χ1v) is 4.94. The van der Waals surface area contributed by atoms with Crippen LogP contribution in [0.5, 0.6) is 5.75 Å². The van der Waals surface area contributed by atoms with E-state index < -0.39 is 0 Å². The van der Waals surface area contributed by atoms with Gasteiger partial charge in [0, 0.05) is 0 Å². The van der Waals surface area contributed by atoms with Crippen LogP contribution >= 0.6 is 0 Å². The van der Waals surface area contributed by atoms with E-state index in [1.165, 1.54) is 19.2 Å². The number of hydrogen-bond acceptors (Lipinski definition) is 4. The lowest BCUT2D eigenvalue weighted by atomic mass is 9.97. The zero-order chi connectivity index (χ0) is 12.1. The van der Waals surface area contributed by atoms with Crippen LogP contribution < -0.4 is 0 Å². The van der Waals surface area contributed by atoms with Crippen molar-refractivity contribution in [3.8, 4) is 11.8 Å². The standard InChI is InChI=1S/C12H13NO3/c1-3-11-8(6-12(15)16-2)4-10(14)5-9(11)7-13/h4-5,14H,3,6H2,1-2H3. The first-order valence-electron chi connectivity index (χ1n) is 4.94. The Bertz CT molecular complexity index is 446. The Morgan fingerprint density at radius 2 is 2.25 bits per heavy atom. The van der Waals surface area contributed by atoms with Gasteiger partial charge in [-0.3, -0.25) is 4.79 Å². The summed E-state index contributed by atoms with van der Waals surface area (Å²) in [5.74, 6) is -0.392. The molecule has 0 saturated carbocycles. The summed E-state index contributed by atoms with van der Waals surface area (Å²) in [7, 11) is 1.31. The quantitative estimate of drug-likeness (QED) is 0.783. The molecular weight excluding hydrogens is 206 g/mol. The van der Waals surface area contributed by atoms with Crippen LogP contribution in [0, 0.1) is 11.3 Å². The summed E-state index contributed by atoms with van der Waals surface area (Å²) in [6, 6.07) is 4.91. The number of nitrogens with zero attached hydrogens (tertiary/aromatic N) is 1. The van der Waals surface area contributed by atoms with Crippen molar-refractivity contribution in [1.82, 2.24) is 0 Å². The molecule has 1 aromatic carbocycles. The van der Waals surface area contributed by atoms with E-state index in [9.17, 15) is 9.90 Å². The number of hydrogen-bond donors (Lipinski definition) is 1. The number of aromatic hydroxyl groups is 1. The molecule has 0 aliphatic heterocycles. The highest BCUT2D eigenvalue weighted by Gasteiger charge is 2.12. The fourth-order valence-corrected chi connectivity index (χ4v) is 1.62. The molecule has 0 saturated heterocycles. The van der Waals surface area contributed by atoms with Crippen molar-refractivity contribution >= 4 is 5.97 Å². The molecule has 16 heavy (non-hydrogen) atoms. The number of carbonyl (C=O) groups excluding carboxylic acids is 1. The first kappa shape index (κ1) is 12.1. The molecule has 1 rings (SSSR count). The number of esters is 1. The number of ether oxygens (including phenoxy) is 1. The number of carbonyl (C=O) groups is 1. The molecule has 0 heterocycles. The van der Waals surface area contributed by atoms with Crippen LogP contribution in [-0.4, -0.2) is 18.2 Å². The van der Waals surface area contributed by atoms with Crippen LogP contribution in [0.1, 0.15) is 23.6 Å². The van der Waals surface area contributed by atoms with Crippen molar-refractivity contribution in [3.63, 3.8) is 0 Å². The van der Waals surface area contributed by atoms with E-state index in [2.05, 4.69) is 4.74 Å². The summed E-state index contributed by atoms with van der Waals surface area (Å²) in [6.45, 7) is 1.90. The highest BCUT2D eigenvalue weighted by Crippen LogP contribution is 2.22. The lowest BCUT2D eigenvalue weighted by Gasteiger charge is -2.09. The number of phenols is 1. The minimum Gasteiger partial charge on any atom is -0.508 e. The molecule has 0 radical (unpaired) electrons. The van der Waals surface area contributed by atoms with Gasteiger partial charge in [-0.05, 0) is 29.7 Å². The molecule has 0 fully saturated rings. The zero-order valence-electron chi connectivity index (χ0n) is 9.28. The van der Waals surface area contributed by atoms with Gasteiger partial charge in [-0.15, -0.1) is 0 Å². The van der Waals surface area contributed by atoms with Crippen LogP contribution in [0.25, 0.3) is 0 Å². The van der Waals surface area contributed by atoms with Crippen molar-refractivity contribution in [3.05, 3.63) is 28.8 Å². The van der Waals surface area contributed by atoms with Crippen LogP contribution in [0.15, 0.2) is 12.1 Å². The number of rotatable bonds is 3. The second-order valence-corrected chi connectivity index (χ2v) is 3.35. The molecule has 0 aliphatic rings. The molecule has 1 aromatic rings. The van der Waals surface area contributed by atoms with Gasteiger partial charge in [-0.25, -0.2) is 0 Å². The molecule has 0 atom stereocenters. The third kappa shape index (κ3) is 2.51. The minimum atomic E-state index is -0.385. The van der Waals surface area contributed by atoms with Gasteiger partial charge in [0.2, 0.25) is 0 Å². The Kier molecular flexibility index (Phi) is 3.90. The predicted molar refractivity (Wildman–Crippen MR) is 57.9 cm³/mol. The molecule has 0 aliphatic carbocycles. The number of benzene rings is 1. The smallest absolute Gasteiger partial charge is 0.309 e. The Labute approximate surface area is 94.1 Å². The third-order valence-electron chi connectivity index (χ3n) is 2.36. The van der Waals surface area contributed by atoms with Crippen molar-refractivity contribution in [1.29, 1.82) is 5.26 Å². The first-order chi connectivity index (χ1) is 7.62. The fraction of sp³-hybridized carbons (Fsp3) is 0.333. The summed E-state index contributed by atoms with van der Waals surface area (Å²) >= 11 is 0. The van der Waals surface area contributed by atoms with E-state index >= 15 is 0 Å². The maximum absolute atomic E-state index is 11.2. The van der Waals surface area contributed by atoms with Gasteiger partial charge >= 0.3 is 5.97 Å². The number of phenolic OH excluding ortho intramolecular Hbond substituents is 1. The molecule has 4 nitrogen and oxygen atoms in total. The van der Waals surface area contributed by atoms with E-state index in [1.807, 2.05) is 13.0 Å². The second kappa shape index (κ2) is 5.17. The van der Waals surface area contributed by atoms with E-state index in [-0.39, 0.29) is 18.1 Å². The zero-order valence-corrected chi connectivity index (χ0v) is 9.28. The lowest BCUT2D eigenvalue weighted by Crippen LogP contribution is -2.07. The summed E-state index contributed by atoms with van der Waals surface area (Å²) in [5, 5.41) is 18.3.